The van der Waals surface area contributed by atoms with E-state index >= 15 is 0 Å². The lowest BCUT2D eigenvalue weighted by molar-refractivity contribution is 0.0950. The highest BCUT2D eigenvalue weighted by atomic mass is 16.1. The van der Waals surface area contributed by atoms with Crippen LogP contribution in [0, 0.1) is 0 Å². The summed E-state index contributed by atoms with van der Waals surface area (Å²) in [6.45, 7) is 0.286. The van der Waals surface area contributed by atoms with Crippen LogP contribution in [0.15, 0.2) is 30.6 Å². The van der Waals surface area contributed by atoms with E-state index in [0.717, 1.165) is 0 Å². The lowest BCUT2D eigenvalue weighted by Crippen LogP contribution is -2.24. The number of hydrogen-bond donors (Lipinski definition) is 2. The molecule has 0 aliphatic carbocycles. The summed E-state index contributed by atoms with van der Waals surface area (Å²) in [5.74, 6) is 0.339. The molecule has 2 aromatic rings. The highest BCUT2D eigenvalue weighted by Gasteiger charge is 2.09. The Balaban J connectivity index is 2.01. The summed E-state index contributed by atoms with van der Waals surface area (Å²) in [5, 5.41) is 6.77. The number of nitrogens with zero attached hydrogens (tertiary/aromatic N) is 3. The standard InChI is InChI=1S/C11H13N5O/c1-16-7-14-10(15-16)6-13-11(17)8-4-2-3-5-9(8)12/h2-5,7H,6,12H2,1H3,(H,13,17). The molecule has 0 unspecified atom stereocenters. The molecular formula is C11H13N5O. The Morgan fingerprint density at radius 3 is 2.88 bits per heavy atom. The molecule has 88 valence electrons. The van der Waals surface area contributed by atoms with Gasteiger partial charge in [-0.1, -0.05) is 12.1 Å². The third kappa shape index (κ3) is 2.60. The van der Waals surface area contributed by atoms with Gasteiger partial charge in [0.2, 0.25) is 0 Å². The monoisotopic (exact) mass is 231 g/mol. The van der Waals surface area contributed by atoms with E-state index in [-0.39, 0.29) is 12.5 Å². The van der Waals surface area contributed by atoms with Crippen LogP contribution in [0.5, 0.6) is 0 Å². The van der Waals surface area contributed by atoms with Gasteiger partial charge in [0.1, 0.15) is 6.33 Å². The molecule has 0 fully saturated rings. The summed E-state index contributed by atoms with van der Waals surface area (Å²) in [6, 6.07) is 6.92. The van der Waals surface area contributed by atoms with Crippen LogP contribution in [-0.2, 0) is 13.6 Å². The molecular weight excluding hydrogens is 218 g/mol. The van der Waals surface area contributed by atoms with Gasteiger partial charge in [0.15, 0.2) is 5.82 Å². The number of para-hydroxylation sites is 1. The highest BCUT2D eigenvalue weighted by Crippen LogP contribution is 2.09. The molecule has 2 rings (SSSR count). The summed E-state index contributed by atoms with van der Waals surface area (Å²) in [7, 11) is 1.77. The Hall–Kier alpha value is -2.37. The molecule has 1 aromatic heterocycles. The van der Waals surface area contributed by atoms with Crippen molar-refractivity contribution in [2.75, 3.05) is 5.73 Å². The van der Waals surface area contributed by atoms with Gasteiger partial charge in [-0.05, 0) is 12.1 Å². The molecule has 0 aliphatic heterocycles. The largest absolute Gasteiger partial charge is 0.398 e. The predicted octanol–water partition coefficient (Wildman–Crippen LogP) is 0.327. The van der Waals surface area contributed by atoms with Gasteiger partial charge in [-0.2, -0.15) is 5.10 Å². The summed E-state index contributed by atoms with van der Waals surface area (Å²) in [5.41, 5.74) is 6.62. The number of amides is 1. The first-order chi connectivity index (χ1) is 8.16. The number of nitrogens with two attached hydrogens (primary N) is 1. The van der Waals surface area contributed by atoms with Gasteiger partial charge in [-0.15, -0.1) is 0 Å². The maximum absolute atomic E-state index is 11.8. The Morgan fingerprint density at radius 2 is 2.24 bits per heavy atom. The maximum atomic E-state index is 11.8. The zero-order chi connectivity index (χ0) is 12.3. The van der Waals surface area contributed by atoms with Gasteiger partial charge in [0.25, 0.3) is 5.91 Å². The van der Waals surface area contributed by atoms with Crippen molar-refractivity contribution in [3.63, 3.8) is 0 Å². The van der Waals surface area contributed by atoms with Crippen LogP contribution < -0.4 is 11.1 Å². The molecule has 0 radical (unpaired) electrons. The number of carbonyl (C=O) groups is 1. The third-order valence-electron chi connectivity index (χ3n) is 2.26. The molecule has 6 nitrogen and oxygen atoms in total. The molecule has 17 heavy (non-hydrogen) atoms. The van der Waals surface area contributed by atoms with E-state index < -0.39 is 0 Å². The minimum Gasteiger partial charge on any atom is -0.398 e. The molecule has 1 heterocycles. The number of aryl methyl sites for hydroxylation is 1. The van der Waals surface area contributed by atoms with Crippen molar-refractivity contribution in [3.05, 3.63) is 42.0 Å². The number of hydrogen-bond acceptors (Lipinski definition) is 4. The van der Waals surface area contributed by atoms with Gasteiger partial charge < -0.3 is 11.1 Å². The number of nitrogen functional groups attached to an aromatic ring is 1. The second-order valence-electron chi connectivity index (χ2n) is 3.60. The molecule has 0 atom stereocenters. The van der Waals surface area contributed by atoms with Crippen molar-refractivity contribution in [1.29, 1.82) is 0 Å². The molecule has 6 heteroatoms. The summed E-state index contributed by atoms with van der Waals surface area (Å²) < 4.78 is 1.58. The first-order valence-electron chi connectivity index (χ1n) is 5.14. The third-order valence-corrected chi connectivity index (χ3v) is 2.26. The first-order valence-corrected chi connectivity index (χ1v) is 5.14. The molecule has 0 saturated heterocycles. The Bertz CT molecular complexity index is 534. The fraction of sp³-hybridized carbons (Fsp3) is 0.182. The second kappa shape index (κ2) is 4.65. The number of benzene rings is 1. The van der Waals surface area contributed by atoms with E-state index in [9.17, 15) is 4.79 Å². The number of rotatable bonds is 3. The first kappa shape index (κ1) is 11.1. The summed E-state index contributed by atoms with van der Waals surface area (Å²) in [6.07, 6.45) is 1.58. The van der Waals surface area contributed by atoms with Gasteiger partial charge in [-0.3, -0.25) is 9.48 Å². The Kier molecular flexibility index (Phi) is 3.04. The van der Waals surface area contributed by atoms with Gasteiger partial charge in [-0.25, -0.2) is 4.98 Å². The minimum atomic E-state index is -0.226. The van der Waals surface area contributed by atoms with E-state index in [1.165, 1.54) is 0 Å². The minimum absolute atomic E-state index is 0.226. The molecule has 0 spiro atoms. The zero-order valence-corrected chi connectivity index (χ0v) is 9.42. The van der Waals surface area contributed by atoms with Crippen LogP contribution in [0.4, 0.5) is 5.69 Å². The van der Waals surface area contributed by atoms with Crippen LogP contribution >= 0.6 is 0 Å². The van der Waals surface area contributed by atoms with Crippen LogP contribution in [0.1, 0.15) is 16.2 Å². The van der Waals surface area contributed by atoms with E-state index in [1.807, 2.05) is 0 Å². The average molecular weight is 231 g/mol. The van der Waals surface area contributed by atoms with Gasteiger partial charge >= 0.3 is 0 Å². The normalized spacial score (nSPS) is 10.2. The van der Waals surface area contributed by atoms with E-state index in [0.29, 0.717) is 17.1 Å². The number of aromatic nitrogens is 3. The molecule has 1 aromatic carbocycles. The SMILES string of the molecule is Cn1cnc(CNC(=O)c2ccccc2N)n1. The van der Waals surface area contributed by atoms with Crippen LogP contribution in [0.2, 0.25) is 0 Å². The van der Waals surface area contributed by atoms with E-state index in [4.69, 9.17) is 5.73 Å². The van der Waals surface area contributed by atoms with Crippen molar-refractivity contribution in [1.82, 2.24) is 20.1 Å². The zero-order valence-electron chi connectivity index (χ0n) is 9.42. The Morgan fingerprint density at radius 1 is 1.47 bits per heavy atom. The van der Waals surface area contributed by atoms with E-state index in [1.54, 1.807) is 42.3 Å². The van der Waals surface area contributed by atoms with Gasteiger partial charge in [0, 0.05) is 12.7 Å². The van der Waals surface area contributed by atoms with Crippen molar-refractivity contribution in [2.24, 2.45) is 7.05 Å². The van der Waals surface area contributed by atoms with Crippen molar-refractivity contribution < 1.29 is 4.79 Å². The Labute approximate surface area is 98.5 Å². The van der Waals surface area contributed by atoms with Crippen molar-refractivity contribution >= 4 is 11.6 Å². The molecule has 0 aliphatic rings. The molecule has 1 amide bonds. The predicted molar refractivity (Wildman–Crippen MR) is 63.0 cm³/mol. The summed E-state index contributed by atoms with van der Waals surface area (Å²) in [4.78, 5) is 15.8. The molecule has 0 saturated carbocycles. The number of nitrogens with one attached hydrogen (secondary N) is 1. The van der Waals surface area contributed by atoms with Gasteiger partial charge in [0.05, 0.1) is 12.1 Å². The quantitative estimate of drug-likeness (QED) is 0.745. The number of anilines is 1. The topological polar surface area (TPSA) is 85.8 Å². The molecule has 3 N–H and O–H groups in total. The lowest BCUT2D eigenvalue weighted by atomic mass is 10.1. The van der Waals surface area contributed by atoms with Crippen molar-refractivity contribution in [3.8, 4) is 0 Å². The summed E-state index contributed by atoms with van der Waals surface area (Å²) >= 11 is 0. The van der Waals surface area contributed by atoms with Crippen molar-refractivity contribution in [2.45, 2.75) is 6.54 Å². The smallest absolute Gasteiger partial charge is 0.253 e. The molecule has 0 bridgehead atoms. The van der Waals surface area contributed by atoms with Crippen LogP contribution in [-0.4, -0.2) is 20.7 Å². The second-order valence-corrected chi connectivity index (χ2v) is 3.60. The average Bonchev–Trinajstić information content (AvgIpc) is 2.73. The number of carbonyl (C=O) groups excluding carboxylic acids is 1. The lowest BCUT2D eigenvalue weighted by Gasteiger charge is -2.05. The fourth-order valence-corrected chi connectivity index (χ4v) is 1.42. The maximum Gasteiger partial charge on any atom is 0.253 e. The van der Waals surface area contributed by atoms with Crippen LogP contribution in [0.3, 0.4) is 0 Å². The van der Waals surface area contributed by atoms with E-state index in [2.05, 4.69) is 15.4 Å². The fourth-order valence-electron chi connectivity index (χ4n) is 1.42. The van der Waals surface area contributed by atoms with Crippen LogP contribution in [0.25, 0.3) is 0 Å². The highest BCUT2D eigenvalue weighted by molar-refractivity contribution is 5.98.